The minimum Gasteiger partial charge on any atom is -0.478 e. The zero-order chi connectivity index (χ0) is 14.3. The van der Waals surface area contributed by atoms with Crippen molar-refractivity contribution in [2.75, 3.05) is 20.1 Å². The number of hydrogen-bond donors (Lipinski definition) is 2. The lowest BCUT2D eigenvalue weighted by molar-refractivity contribution is 0.0697. The van der Waals surface area contributed by atoms with Crippen LogP contribution in [0.4, 0.5) is 0 Å². The highest BCUT2D eigenvalue weighted by Gasteiger charge is 2.21. The Morgan fingerprint density at radius 3 is 2.95 bits per heavy atom. The zero-order valence-corrected chi connectivity index (χ0v) is 11.3. The van der Waals surface area contributed by atoms with Gasteiger partial charge in [-0.1, -0.05) is 0 Å². The number of imidazole rings is 1. The van der Waals surface area contributed by atoms with Gasteiger partial charge in [0.25, 0.3) is 0 Å². The number of aromatic carboxylic acids is 1. The third kappa shape index (κ3) is 2.22. The molecule has 3 rings (SSSR count). The molecular weight excluding hydrogens is 258 g/mol. The summed E-state index contributed by atoms with van der Waals surface area (Å²) in [5.74, 6) is -0.544. The number of rotatable bonds is 3. The van der Waals surface area contributed by atoms with Crippen molar-refractivity contribution in [3.05, 3.63) is 34.2 Å². The Morgan fingerprint density at radius 1 is 1.50 bits per heavy atom. The molecular formula is C14H17N3O3. The predicted molar refractivity (Wildman–Crippen MR) is 75.1 cm³/mol. The molecule has 1 saturated heterocycles. The summed E-state index contributed by atoms with van der Waals surface area (Å²) in [4.78, 5) is 28.1. The summed E-state index contributed by atoms with van der Waals surface area (Å²) in [5, 5.41) is 9.06. The van der Waals surface area contributed by atoms with Crippen molar-refractivity contribution in [3.8, 4) is 0 Å². The number of nitrogens with zero attached hydrogens (tertiary/aromatic N) is 2. The summed E-state index contributed by atoms with van der Waals surface area (Å²) < 4.78 is 1.66. The molecule has 20 heavy (non-hydrogen) atoms. The summed E-state index contributed by atoms with van der Waals surface area (Å²) in [6.07, 6.45) is 1.06. The van der Waals surface area contributed by atoms with Crippen molar-refractivity contribution in [2.24, 2.45) is 5.92 Å². The van der Waals surface area contributed by atoms with Crippen molar-refractivity contribution >= 4 is 17.0 Å². The molecule has 6 nitrogen and oxygen atoms in total. The first-order chi connectivity index (χ1) is 9.54. The number of carboxylic acid groups (broad SMARTS) is 1. The Balaban J connectivity index is 2.00. The average molecular weight is 275 g/mol. The molecule has 0 aliphatic carbocycles. The smallest absolute Gasteiger partial charge is 0.335 e. The Morgan fingerprint density at radius 2 is 2.30 bits per heavy atom. The number of aromatic amines is 1. The third-order valence-electron chi connectivity index (χ3n) is 3.95. The highest BCUT2D eigenvalue weighted by atomic mass is 16.4. The number of likely N-dealkylation sites (tertiary alicyclic amines) is 1. The van der Waals surface area contributed by atoms with Gasteiger partial charge in [-0.3, -0.25) is 4.57 Å². The van der Waals surface area contributed by atoms with Crippen molar-refractivity contribution in [1.29, 1.82) is 0 Å². The highest BCUT2D eigenvalue weighted by molar-refractivity contribution is 5.92. The van der Waals surface area contributed by atoms with Gasteiger partial charge in [0.2, 0.25) is 0 Å². The highest BCUT2D eigenvalue weighted by Crippen LogP contribution is 2.19. The fourth-order valence-electron chi connectivity index (χ4n) is 2.90. The summed E-state index contributed by atoms with van der Waals surface area (Å²) in [5.41, 5.74) is 1.39. The van der Waals surface area contributed by atoms with Crippen LogP contribution in [0.5, 0.6) is 0 Å². The van der Waals surface area contributed by atoms with Crippen molar-refractivity contribution in [3.63, 3.8) is 0 Å². The van der Waals surface area contributed by atoms with E-state index in [-0.39, 0.29) is 11.3 Å². The number of carboxylic acids is 1. The first-order valence-corrected chi connectivity index (χ1v) is 6.69. The molecule has 0 spiro atoms. The molecule has 1 aliphatic heterocycles. The maximum Gasteiger partial charge on any atom is 0.335 e. The minimum absolute atomic E-state index is 0.169. The van der Waals surface area contributed by atoms with Crippen LogP contribution in [0.2, 0.25) is 0 Å². The summed E-state index contributed by atoms with van der Waals surface area (Å²) >= 11 is 0. The van der Waals surface area contributed by atoms with Crippen LogP contribution in [0.3, 0.4) is 0 Å². The molecule has 2 N–H and O–H groups in total. The Kier molecular flexibility index (Phi) is 3.10. The van der Waals surface area contributed by atoms with Crippen molar-refractivity contribution in [1.82, 2.24) is 14.5 Å². The standard InChI is InChI=1S/C14H17N3O3/c1-16-5-4-9(7-16)8-17-12-6-10(13(18)19)2-3-11(12)15-14(17)20/h2-3,6,9H,4-5,7-8H2,1H3,(H,15,20)(H,18,19). The molecule has 1 unspecified atom stereocenters. The molecule has 0 radical (unpaired) electrons. The minimum atomic E-state index is -0.979. The number of nitrogens with one attached hydrogen (secondary N) is 1. The molecule has 1 aromatic heterocycles. The third-order valence-corrected chi connectivity index (χ3v) is 3.95. The van der Waals surface area contributed by atoms with Crippen LogP contribution >= 0.6 is 0 Å². The number of benzene rings is 1. The molecule has 0 amide bonds. The maximum atomic E-state index is 12.0. The Bertz CT molecular complexity index is 716. The van der Waals surface area contributed by atoms with Gasteiger partial charge >= 0.3 is 11.7 Å². The van der Waals surface area contributed by atoms with Gasteiger partial charge in [-0.05, 0) is 44.1 Å². The lowest BCUT2D eigenvalue weighted by Crippen LogP contribution is -2.23. The van der Waals surface area contributed by atoms with Crippen LogP contribution in [-0.2, 0) is 6.54 Å². The van der Waals surface area contributed by atoms with Gasteiger partial charge in [-0.25, -0.2) is 9.59 Å². The molecule has 6 heteroatoms. The van der Waals surface area contributed by atoms with E-state index in [2.05, 4.69) is 16.9 Å². The van der Waals surface area contributed by atoms with E-state index in [9.17, 15) is 9.59 Å². The first-order valence-electron chi connectivity index (χ1n) is 6.69. The summed E-state index contributed by atoms with van der Waals surface area (Å²) in [6, 6.07) is 4.72. The van der Waals surface area contributed by atoms with Crippen LogP contribution in [0.15, 0.2) is 23.0 Å². The second-order valence-corrected chi connectivity index (χ2v) is 5.49. The molecule has 1 atom stereocenters. The summed E-state index contributed by atoms with van der Waals surface area (Å²) in [6.45, 7) is 2.64. The van der Waals surface area contributed by atoms with Gasteiger partial charge in [0.05, 0.1) is 16.6 Å². The van der Waals surface area contributed by atoms with Crippen molar-refractivity contribution in [2.45, 2.75) is 13.0 Å². The fourth-order valence-corrected chi connectivity index (χ4v) is 2.90. The second kappa shape index (κ2) is 4.79. The molecule has 1 fully saturated rings. The van der Waals surface area contributed by atoms with Crippen LogP contribution in [0, 0.1) is 5.92 Å². The van der Waals surface area contributed by atoms with E-state index in [1.54, 1.807) is 16.7 Å². The van der Waals surface area contributed by atoms with E-state index in [1.807, 2.05) is 0 Å². The van der Waals surface area contributed by atoms with Crippen LogP contribution < -0.4 is 5.69 Å². The van der Waals surface area contributed by atoms with Gasteiger partial charge in [-0.2, -0.15) is 0 Å². The largest absolute Gasteiger partial charge is 0.478 e. The molecule has 2 aromatic rings. The normalized spacial score (nSPS) is 19.8. The van der Waals surface area contributed by atoms with E-state index >= 15 is 0 Å². The predicted octanol–water partition coefficient (Wildman–Crippen LogP) is 0.979. The average Bonchev–Trinajstić information content (AvgIpc) is 2.94. The van der Waals surface area contributed by atoms with E-state index in [0.717, 1.165) is 19.5 Å². The molecule has 1 aromatic carbocycles. The van der Waals surface area contributed by atoms with Gasteiger partial charge in [0.1, 0.15) is 0 Å². The number of H-pyrrole nitrogens is 1. The van der Waals surface area contributed by atoms with E-state index < -0.39 is 5.97 Å². The molecule has 2 heterocycles. The van der Waals surface area contributed by atoms with Gasteiger partial charge < -0.3 is 15.0 Å². The molecule has 1 aliphatic rings. The molecule has 106 valence electrons. The monoisotopic (exact) mass is 275 g/mol. The number of fused-ring (bicyclic) bond motifs is 1. The van der Waals surface area contributed by atoms with Gasteiger partial charge in [-0.15, -0.1) is 0 Å². The topological polar surface area (TPSA) is 78.3 Å². The fraction of sp³-hybridized carbons (Fsp3) is 0.429. The lowest BCUT2D eigenvalue weighted by atomic mass is 10.1. The number of aromatic nitrogens is 2. The lowest BCUT2D eigenvalue weighted by Gasteiger charge is -2.11. The first kappa shape index (κ1) is 12.9. The van der Waals surface area contributed by atoms with Crippen molar-refractivity contribution < 1.29 is 9.90 Å². The van der Waals surface area contributed by atoms with Crippen LogP contribution in [0.1, 0.15) is 16.8 Å². The zero-order valence-electron chi connectivity index (χ0n) is 11.3. The van der Waals surface area contributed by atoms with E-state index in [1.165, 1.54) is 6.07 Å². The van der Waals surface area contributed by atoms with Gasteiger partial charge in [0.15, 0.2) is 0 Å². The van der Waals surface area contributed by atoms with Gasteiger partial charge in [0, 0.05) is 13.1 Å². The number of carbonyl (C=O) groups is 1. The van der Waals surface area contributed by atoms with E-state index in [4.69, 9.17) is 5.11 Å². The van der Waals surface area contributed by atoms with E-state index in [0.29, 0.717) is 23.5 Å². The Labute approximate surface area is 115 Å². The maximum absolute atomic E-state index is 12.0. The Hall–Kier alpha value is -2.08. The molecule has 0 bridgehead atoms. The van der Waals surface area contributed by atoms with Crippen LogP contribution in [0.25, 0.3) is 11.0 Å². The molecule has 0 saturated carbocycles. The quantitative estimate of drug-likeness (QED) is 0.875. The summed E-state index contributed by atoms with van der Waals surface area (Å²) in [7, 11) is 2.07. The van der Waals surface area contributed by atoms with Crippen LogP contribution in [-0.4, -0.2) is 45.7 Å². The number of hydrogen-bond acceptors (Lipinski definition) is 3. The second-order valence-electron chi connectivity index (χ2n) is 5.49. The SMILES string of the molecule is CN1CCC(Cn2c(=O)[nH]c3ccc(C(=O)O)cc32)C1.